The molecular weight excluding hydrogens is 701 g/mol. The van der Waals surface area contributed by atoms with Gasteiger partial charge in [-0.25, -0.2) is 15.0 Å². The molecule has 0 spiro atoms. The fourth-order valence-electron chi connectivity index (χ4n) is 7.60. The van der Waals surface area contributed by atoms with Crippen LogP contribution in [0.4, 0.5) is 0 Å². The highest BCUT2D eigenvalue weighted by molar-refractivity contribution is 7.26. The number of nitrogens with zero attached hydrogens (tertiary/aromatic N) is 4. The normalized spacial score (nSPS) is 13.1. The number of para-hydroxylation sites is 2. The third kappa shape index (κ3) is 5.40. The lowest BCUT2D eigenvalue weighted by Gasteiger charge is -2.16. The summed E-state index contributed by atoms with van der Waals surface area (Å²) in [4.78, 5) is 15.3. The average Bonchev–Trinajstić information content (AvgIpc) is 3.88. The van der Waals surface area contributed by atoms with Crippen LogP contribution >= 0.6 is 11.3 Å². The van der Waals surface area contributed by atoms with Gasteiger partial charge >= 0.3 is 0 Å². The summed E-state index contributed by atoms with van der Waals surface area (Å²) in [6.45, 7) is 0. The van der Waals surface area contributed by atoms with Crippen LogP contribution in [0.25, 0.3) is 104 Å². The zero-order valence-corrected chi connectivity index (χ0v) is 30.5. The van der Waals surface area contributed by atoms with E-state index < -0.39 is 0 Å². The summed E-state index contributed by atoms with van der Waals surface area (Å²) < 4.78 is 57.8. The Bertz CT molecular complexity index is 3460. The summed E-state index contributed by atoms with van der Waals surface area (Å²) in [7, 11) is 0. The summed E-state index contributed by atoms with van der Waals surface area (Å²) >= 11 is 1.74. The van der Waals surface area contributed by atoms with Crippen LogP contribution in [0.1, 0.15) is 8.22 Å². The summed E-state index contributed by atoms with van der Waals surface area (Å²) in [5.74, 6) is 1.25. The molecule has 0 unspecified atom stereocenters. The van der Waals surface area contributed by atoms with E-state index in [0.717, 1.165) is 48.9 Å². The molecule has 4 nitrogen and oxygen atoms in total. The number of rotatable bonds is 6. The Morgan fingerprint density at radius 1 is 0.411 bits per heavy atom. The molecule has 0 saturated carbocycles. The first-order valence-electron chi connectivity index (χ1n) is 21.3. The van der Waals surface area contributed by atoms with E-state index in [1.807, 2.05) is 97.1 Å². The predicted octanol–water partition coefficient (Wildman–Crippen LogP) is 13.7. The standard InChI is InChI=1S/C51H32N4S/c1-4-15-33(16-5-1)36-27-29-41-42-24-14-23-38(48(42)56-47(41)32-36)37-28-30-46(55-44-25-12-10-21-39(44)40-22-11-13-26-45(40)55)43(31-37)51-53-49(34-17-6-2-7-18-34)52-50(54-51)35-19-8-3-9-20-35/h1-32H/i10D,11D,21D,22D,25D,26D. The Kier molecular flexibility index (Phi) is 6.29. The van der Waals surface area contributed by atoms with Crippen molar-refractivity contribution in [2.45, 2.75) is 0 Å². The van der Waals surface area contributed by atoms with Crippen molar-refractivity contribution in [1.82, 2.24) is 19.5 Å². The zero-order valence-electron chi connectivity index (χ0n) is 35.7. The monoisotopic (exact) mass is 738 g/mol. The quantitative estimate of drug-likeness (QED) is 0.171. The second-order valence-corrected chi connectivity index (χ2v) is 14.6. The van der Waals surface area contributed by atoms with Gasteiger partial charge in [0, 0.05) is 47.6 Å². The van der Waals surface area contributed by atoms with Gasteiger partial charge in [-0.15, -0.1) is 11.3 Å². The van der Waals surface area contributed by atoms with Gasteiger partial charge in [0.25, 0.3) is 0 Å². The molecule has 11 aromatic rings. The van der Waals surface area contributed by atoms with Gasteiger partial charge < -0.3 is 4.57 Å². The van der Waals surface area contributed by atoms with Crippen molar-refractivity contribution in [3.05, 3.63) is 194 Å². The molecule has 0 radical (unpaired) electrons. The van der Waals surface area contributed by atoms with Crippen molar-refractivity contribution in [2.75, 3.05) is 0 Å². The van der Waals surface area contributed by atoms with Gasteiger partial charge in [0.1, 0.15) is 0 Å². The van der Waals surface area contributed by atoms with Crippen LogP contribution in [0.2, 0.25) is 0 Å². The van der Waals surface area contributed by atoms with Crippen molar-refractivity contribution >= 4 is 53.3 Å². The molecule has 8 aromatic carbocycles. The zero-order chi connectivity index (χ0) is 42.2. The Morgan fingerprint density at radius 3 is 1.64 bits per heavy atom. The summed E-state index contributed by atoms with van der Waals surface area (Å²) in [5, 5.41) is 2.65. The molecule has 0 bridgehead atoms. The van der Waals surface area contributed by atoms with Crippen LogP contribution in [0, 0.1) is 0 Å². The maximum Gasteiger partial charge on any atom is 0.166 e. The van der Waals surface area contributed by atoms with Crippen LogP contribution in [0.15, 0.2) is 194 Å². The number of hydrogen-bond donors (Lipinski definition) is 0. The highest BCUT2D eigenvalue weighted by Crippen LogP contribution is 2.43. The van der Waals surface area contributed by atoms with Gasteiger partial charge in [-0.2, -0.15) is 0 Å². The summed E-state index contributed by atoms with van der Waals surface area (Å²) in [5.41, 5.74) is 7.34. The second kappa shape index (κ2) is 13.3. The number of benzene rings is 8. The third-order valence-corrected chi connectivity index (χ3v) is 11.4. The predicted molar refractivity (Wildman–Crippen MR) is 234 cm³/mol. The first-order valence-corrected chi connectivity index (χ1v) is 19.1. The van der Waals surface area contributed by atoms with Crippen molar-refractivity contribution in [3.8, 4) is 62.1 Å². The van der Waals surface area contributed by atoms with Crippen LogP contribution in [-0.2, 0) is 0 Å². The van der Waals surface area contributed by atoms with Crippen LogP contribution in [-0.4, -0.2) is 19.5 Å². The van der Waals surface area contributed by atoms with Gasteiger partial charge in [-0.1, -0.05) is 164 Å². The molecule has 0 aliphatic carbocycles. The molecular formula is C51H32N4S. The van der Waals surface area contributed by atoms with Crippen LogP contribution in [0.3, 0.4) is 0 Å². The SMILES string of the molecule is [2H]c1cc([2H])c2c(c1[2H])c1c([2H])c([2H])cc([2H])c1n2-c1ccc(-c2cccc3c2sc2cc(-c4ccccc4)ccc23)cc1-c1nc(-c2ccccc2)nc(-c2ccccc2)n1. The molecule has 11 rings (SSSR count). The molecule has 0 fully saturated rings. The molecule has 0 aliphatic rings. The molecule has 0 N–H and O–H groups in total. The Labute approximate surface area is 336 Å². The van der Waals surface area contributed by atoms with Gasteiger partial charge in [0.05, 0.1) is 24.9 Å². The first-order chi connectivity index (χ1) is 30.2. The molecule has 262 valence electrons. The molecule has 3 aromatic heterocycles. The Balaban J connectivity index is 1.23. The van der Waals surface area contributed by atoms with E-state index in [1.54, 1.807) is 15.9 Å². The maximum absolute atomic E-state index is 9.24. The third-order valence-electron chi connectivity index (χ3n) is 10.2. The molecule has 0 aliphatic heterocycles. The molecule has 0 atom stereocenters. The minimum absolute atomic E-state index is 0.0481. The number of hydrogen-bond acceptors (Lipinski definition) is 4. The van der Waals surface area contributed by atoms with Gasteiger partial charge in [-0.05, 0) is 52.5 Å². The van der Waals surface area contributed by atoms with E-state index in [-0.39, 0.29) is 58.1 Å². The van der Waals surface area contributed by atoms with E-state index in [0.29, 0.717) is 28.7 Å². The smallest absolute Gasteiger partial charge is 0.166 e. The largest absolute Gasteiger partial charge is 0.309 e. The number of aromatic nitrogens is 4. The fourth-order valence-corrected chi connectivity index (χ4v) is 8.88. The maximum atomic E-state index is 9.24. The topological polar surface area (TPSA) is 43.6 Å². The lowest BCUT2D eigenvalue weighted by atomic mass is 9.98. The summed E-state index contributed by atoms with van der Waals surface area (Å²) in [6, 6.07) is 50.5. The molecule has 5 heteroatoms. The highest BCUT2D eigenvalue weighted by atomic mass is 32.1. The van der Waals surface area contributed by atoms with E-state index in [4.69, 9.17) is 20.4 Å². The van der Waals surface area contributed by atoms with Crippen LogP contribution < -0.4 is 0 Å². The average molecular weight is 739 g/mol. The molecule has 0 saturated heterocycles. The minimum Gasteiger partial charge on any atom is -0.309 e. The number of thiophene rings is 1. The fraction of sp³-hybridized carbons (Fsp3) is 0. The highest BCUT2D eigenvalue weighted by Gasteiger charge is 2.21. The van der Waals surface area contributed by atoms with E-state index in [9.17, 15) is 2.74 Å². The van der Waals surface area contributed by atoms with Gasteiger partial charge in [-0.3, -0.25) is 0 Å². The second-order valence-electron chi connectivity index (χ2n) is 13.5. The number of fused-ring (bicyclic) bond motifs is 6. The van der Waals surface area contributed by atoms with Crippen molar-refractivity contribution in [1.29, 1.82) is 0 Å². The Morgan fingerprint density at radius 2 is 1.00 bits per heavy atom. The van der Waals surface area contributed by atoms with Gasteiger partial charge in [0.2, 0.25) is 0 Å². The van der Waals surface area contributed by atoms with Crippen molar-refractivity contribution in [3.63, 3.8) is 0 Å². The van der Waals surface area contributed by atoms with Crippen molar-refractivity contribution < 1.29 is 8.22 Å². The first kappa shape index (κ1) is 26.5. The molecule has 0 amide bonds. The van der Waals surface area contributed by atoms with E-state index >= 15 is 0 Å². The van der Waals surface area contributed by atoms with E-state index in [2.05, 4.69) is 48.5 Å². The van der Waals surface area contributed by atoms with E-state index in [1.165, 1.54) is 16.8 Å². The molecule has 56 heavy (non-hydrogen) atoms. The van der Waals surface area contributed by atoms with Gasteiger partial charge in [0.15, 0.2) is 17.5 Å². The minimum atomic E-state index is -0.179. The Hall–Kier alpha value is -7.21. The van der Waals surface area contributed by atoms with Crippen LogP contribution in [0.5, 0.6) is 0 Å². The summed E-state index contributed by atoms with van der Waals surface area (Å²) in [6.07, 6.45) is 0. The molecule has 3 heterocycles. The van der Waals surface area contributed by atoms with Crippen molar-refractivity contribution in [2.24, 2.45) is 0 Å². The lowest BCUT2D eigenvalue weighted by molar-refractivity contribution is 1.06. The lowest BCUT2D eigenvalue weighted by Crippen LogP contribution is -2.04.